The fourth-order valence-corrected chi connectivity index (χ4v) is 5.30. The lowest BCUT2D eigenvalue weighted by Gasteiger charge is -2.34. The molecule has 0 bridgehead atoms. The summed E-state index contributed by atoms with van der Waals surface area (Å²) >= 11 is 1.46. The number of aliphatic imine (C=N–C) groups is 1. The molecule has 0 atom stereocenters. The van der Waals surface area contributed by atoms with E-state index < -0.39 is 11.9 Å². The van der Waals surface area contributed by atoms with Crippen LogP contribution in [-0.4, -0.2) is 71.0 Å². The smallest absolute Gasteiger partial charge is 0.336 e. The summed E-state index contributed by atoms with van der Waals surface area (Å²) in [5, 5.41) is 23.6. The van der Waals surface area contributed by atoms with E-state index in [-0.39, 0.29) is 17.0 Å². The molecule has 0 spiro atoms. The SMILES string of the molecule is CN1CCN(C2=Nc3ccc(F)cc3Nc3sc4ccc(/C(=C/C(=O)O)C(=O)O)cc4c32)CC1. The molecule has 10 heteroatoms. The number of carbonyl (C=O) groups is 2. The van der Waals surface area contributed by atoms with Crippen LogP contribution >= 0.6 is 11.3 Å². The van der Waals surface area contributed by atoms with Gasteiger partial charge in [-0.1, -0.05) is 6.07 Å². The number of nitrogens with one attached hydrogen (secondary N) is 1. The van der Waals surface area contributed by atoms with Gasteiger partial charge in [-0.3, -0.25) is 0 Å². The first-order chi connectivity index (χ1) is 16.3. The van der Waals surface area contributed by atoms with Crippen molar-refractivity contribution in [2.24, 2.45) is 4.99 Å². The average Bonchev–Trinajstić information content (AvgIpc) is 3.06. The fraction of sp³-hybridized carbons (Fsp3) is 0.208. The summed E-state index contributed by atoms with van der Waals surface area (Å²) in [5.41, 5.74) is 1.94. The molecule has 1 aromatic heterocycles. The third-order valence-electron chi connectivity index (χ3n) is 5.96. The molecule has 0 radical (unpaired) electrons. The van der Waals surface area contributed by atoms with Gasteiger partial charge < -0.3 is 25.3 Å². The normalized spacial score (nSPS) is 16.4. The first-order valence-electron chi connectivity index (χ1n) is 10.6. The topological polar surface area (TPSA) is 105 Å². The van der Waals surface area contributed by atoms with Gasteiger partial charge in [0.2, 0.25) is 0 Å². The van der Waals surface area contributed by atoms with Crippen LogP contribution in [0, 0.1) is 5.82 Å². The van der Waals surface area contributed by atoms with Crippen LogP contribution < -0.4 is 5.32 Å². The second-order valence-corrected chi connectivity index (χ2v) is 9.28. The van der Waals surface area contributed by atoms with Crippen molar-refractivity contribution >= 4 is 61.1 Å². The average molecular weight is 481 g/mol. The molecule has 5 rings (SSSR count). The third-order valence-corrected chi connectivity index (χ3v) is 7.04. The Labute approximate surface area is 198 Å². The number of halogens is 1. The summed E-state index contributed by atoms with van der Waals surface area (Å²) in [6.07, 6.45) is 0.695. The first kappa shape index (κ1) is 22.1. The molecule has 8 nitrogen and oxygen atoms in total. The van der Waals surface area contributed by atoms with Crippen LogP contribution in [-0.2, 0) is 9.59 Å². The summed E-state index contributed by atoms with van der Waals surface area (Å²) < 4.78 is 14.9. The van der Waals surface area contributed by atoms with E-state index in [1.54, 1.807) is 24.3 Å². The minimum Gasteiger partial charge on any atom is -0.478 e. The minimum atomic E-state index is -1.33. The van der Waals surface area contributed by atoms with E-state index in [2.05, 4.69) is 22.2 Å². The molecule has 2 aliphatic heterocycles. The van der Waals surface area contributed by atoms with Gasteiger partial charge in [-0.25, -0.2) is 19.0 Å². The maximum atomic E-state index is 14.0. The zero-order valence-corrected chi connectivity index (χ0v) is 19.0. The lowest BCUT2D eigenvalue weighted by Crippen LogP contribution is -2.47. The van der Waals surface area contributed by atoms with Crippen molar-refractivity contribution in [1.82, 2.24) is 9.80 Å². The number of thiophene rings is 1. The van der Waals surface area contributed by atoms with E-state index >= 15 is 0 Å². The number of carboxylic acid groups (broad SMARTS) is 2. The van der Waals surface area contributed by atoms with E-state index in [1.807, 2.05) is 0 Å². The Morgan fingerprint density at radius 2 is 1.88 bits per heavy atom. The second-order valence-electron chi connectivity index (χ2n) is 8.23. The number of piperazine rings is 1. The van der Waals surface area contributed by atoms with Crippen molar-refractivity contribution in [2.45, 2.75) is 0 Å². The van der Waals surface area contributed by atoms with Crippen LogP contribution in [0.2, 0.25) is 0 Å². The Bertz CT molecular complexity index is 1390. The zero-order chi connectivity index (χ0) is 24.0. The molecule has 3 N–H and O–H groups in total. The maximum Gasteiger partial charge on any atom is 0.336 e. The van der Waals surface area contributed by atoms with Crippen molar-refractivity contribution < 1.29 is 24.2 Å². The third kappa shape index (κ3) is 4.02. The number of anilines is 2. The van der Waals surface area contributed by atoms with Gasteiger partial charge in [-0.2, -0.15) is 0 Å². The summed E-state index contributed by atoms with van der Waals surface area (Å²) in [6, 6.07) is 9.48. The van der Waals surface area contributed by atoms with Crippen molar-refractivity contribution in [3.63, 3.8) is 0 Å². The number of amidine groups is 1. The fourth-order valence-electron chi connectivity index (χ4n) is 4.21. The number of hydrogen-bond acceptors (Lipinski definition) is 7. The minimum absolute atomic E-state index is 0.286. The number of aliphatic carboxylic acids is 2. The van der Waals surface area contributed by atoms with E-state index in [0.29, 0.717) is 17.5 Å². The highest BCUT2D eigenvalue weighted by molar-refractivity contribution is 7.23. The monoisotopic (exact) mass is 480 g/mol. The van der Waals surface area contributed by atoms with Gasteiger partial charge in [0.25, 0.3) is 0 Å². The van der Waals surface area contributed by atoms with Gasteiger partial charge in [0, 0.05) is 42.3 Å². The van der Waals surface area contributed by atoms with Crippen LogP contribution in [0.25, 0.3) is 15.7 Å². The van der Waals surface area contributed by atoms with Crippen molar-refractivity contribution in [1.29, 1.82) is 0 Å². The van der Waals surface area contributed by atoms with Gasteiger partial charge in [0.1, 0.15) is 16.7 Å². The van der Waals surface area contributed by atoms with Crippen molar-refractivity contribution in [3.8, 4) is 0 Å². The van der Waals surface area contributed by atoms with Gasteiger partial charge in [-0.15, -0.1) is 11.3 Å². The molecule has 34 heavy (non-hydrogen) atoms. The zero-order valence-electron chi connectivity index (χ0n) is 18.2. The highest BCUT2D eigenvalue weighted by Crippen LogP contribution is 2.44. The number of nitrogens with zero attached hydrogens (tertiary/aromatic N) is 3. The molecule has 174 valence electrons. The van der Waals surface area contributed by atoms with Crippen molar-refractivity contribution in [3.05, 3.63) is 59.4 Å². The molecular formula is C24H21FN4O4S. The van der Waals surface area contributed by atoms with E-state index in [1.165, 1.54) is 23.5 Å². The number of likely N-dealkylation sites (N-methyl/N-ethyl adjacent to an activating group) is 1. The second kappa shape index (κ2) is 8.54. The van der Waals surface area contributed by atoms with Crippen LogP contribution in [0.15, 0.2) is 47.5 Å². The van der Waals surface area contributed by atoms with Gasteiger partial charge in [0.15, 0.2) is 0 Å². The quantitative estimate of drug-likeness (QED) is 0.487. The summed E-state index contributed by atoms with van der Waals surface area (Å²) in [7, 11) is 2.06. The molecule has 1 saturated heterocycles. The molecule has 0 saturated carbocycles. The standard InChI is InChI=1S/C24H21FN4O4S/c1-28-6-8-29(9-7-28)22-21-16-10-13(15(24(32)33)12-20(30)31)2-5-19(16)34-23(21)27-18-11-14(25)3-4-17(18)26-22/h2-5,10-12,27H,6-9H2,1H3,(H,30,31)(H,32,33)/b15-12-. The largest absolute Gasteiger partial charge is 0.478 e. The molecule has 0 aliphatic carbocycles. The van der Waals surface area contributed by atoms with Crippen LogP contribution in [0.5, 0.6) is 0 Å². The Kier molecular flexibility index (Phi) is 5.54. The molecular weight excluding hydrogens is 459 g/mol. The maximum absolute atomic E-state index is 14.0. The molecule has 0 unspecified atom stereocenters. The number of hydrogen-bond donors (Lipinski definition) is 3. The van der Waals surface area contributed by atoms with E-state index in [9.17, 15) is 19.1 Å². The Morgan fingerprint density at radius 3 is 2.59 bits per heavy atom. The lowest BCUT2D eigenvalue weighted by molar-refractivity contribution is -0.133. The van der Waals surface area contributed by atoms with Crippen molar-refractivity contribution in [2.75, 3.05) is 38.5 Å². The van der Waals surface area contributed by atoms with Gasteiger partial charge in [0.05, 0.1) is 22.5 Å². The molecule has 0 amide bonds. The molecule has 1 fully saturated rings. The Balaban J connectivity index is 1.72. The highest BCUT2D eigenvalue weighted by Gasteiger charge is 2.28. The van der Waals surface area contributed by atoms with E-state index in [4.69, 9.17) is 10.1 Å². The first-order valence-corrected chi connectivity index (χ1v) is 11.5. The Morgan fingerprint density at radius 1 is 1.12 bits per heavy atom. The van der Waals surface area contributed by atoms with Crippen LogP contribution in [0.1, 0.15) is 11.1 Å². The number of carboxylic acids is 2. The number of benzene rings is 2. The molecule has 3 heterocycles. The molecule has 2 aliphatic rings. The lowest BCUT2D eigenvalue weighted by atomic mass is 10.0. The van der Waals surface area contributed by atoms with E-state index in [0.717, 1.165) is 52.7 Å². The molecule has 3 aromatic rings. The van der Waals surface area contributed by atoms with Gasteiger partial charge in [-0.05, 0) is 42.9 Å². The Hall–Kier alpha value is -3.76. The highest BCUT2D eigenvalue weighted by atomic mass is 32.1. The molecule has 2 aromatic carbocycles. The summed E-state index contributed by atoms with van der Waals surface area (Å²) in [6.45, 7) is 3.22. The summed E-state index contributed by atoms with van der Waals surface area (Å²) in [4.78, 5) is 32.3. The predicted octanol–water partition coefficient (Wildman–Crippen LogP) is 3.98. The number of rotatable bonds is 3. The summed E-state index contributed by atoms with van der Waals surface area (Å²) in [5.74, 6) is -2.31. The van der Waals surface area contributed by atoms with Gasteiger partial charge >= 0.3 is 11.9 Å². The number of fused-ring (bicyclic) bond motifs is 4. The van der Waals surface area contributed by atoms with Crippen LogP contribution in [0.3, 0.4) is 0 Å². The van der Waals surface area contributed by atoms with Crippen LogP contribution in [0.4, 0.5) is 20.8 Å². The predicted molar refractivity (Wildman–Crippen MR) is 130 cm³/mol.